The number of carbonyl (C=O) groups is 3. The van der Waals surface area contributed by atoms with Crippen molar-refractivity contribution in [2.75, 3.05) is 25.1 Å². The Morgan fingerprint density at radius 2 is 1.85 bits per heavy atom. The summed E-state index contributed by atoms with van der Waals surface area (Å²) in [5.74, 6) is -1.09. The van der Waals surface area contributed by atoms with Crippen molar-refractivity contribution >= 4 is 63.8 Å². The molecule has 1 aliphatic heterocycles. The zero-order valence-electron chi connectivity index (χ0n) is 17.6. The molecule has 3 rings (SSSR count). The van der Waals surface area contributed by atoms with Gasteiger partial charge in [-0.15, -0.1) is 0 Å². The van der Waals surface area contributed by atoms with Gasteiger partial charge in [-0.05, 0) is 67.6 Å². The molecule has 3 amide bonds. The van der Waals surface area contributed by atoms with Crippen molar-refractivity contribution in [1.29, 1.82) is 0 Å². The highest BCUT2D eigenvalue weighted by molar-refractivity contribution is 8.18. The van der Waals surface area contributed by atoms with Crippen LogP contribution in [-0.2, 0) is 9.59 Å². The van der Waals surface area contributed by atoms with Crippen LogP contribution in [0.4, 0.5) is 14.9 Å². The number of benzene rings is 2. The van der Waals surface area contributed by atoms with Crippen LogP contribution >= 0.6 is 35.0 Å². The Labute approximate surface area is 203 Å². The zero-order valence-corrected chi connectivity index (χ0v) is 19.9. The molecule has 0 unspecified atom stereocenters. The predicted octanol–water partition coefficient (Wildman–Crippen LogP) is 5.60. The molecule has 1 heterocycles. The Morgan fingerprint density at radius 1 is 1.12 bits per heavy atom. The molecule has 174 valence electrons. The maximum Gasteiger partial charge on any atom is 0.294 e. The van der Waals surface area contributed by atoms with E-state index in [4.69, 9.17) is 32.7 Å². The molecule has 11 heteroatoms. The number of nitrogens with zero attached hydrogens (tertiary/aromatic N) is 1. The normalized spacial score (nSPS) is 14.7. The van der Waals surface area contributed by atoms with Crippen LogP contribution in [0, 0.1) is 5.82 Å². The van der Waals surface area contributed by atoms with Gasteiger partial charge in [-0.25, -0.2) is 4.39 Å². The van der Waals surface area contributed by atoms with Crippen molar-refractivity contribution < 1.29 is 28.2 Å². The van der Waals surface area contributed by atoms with Crippen LogP contribution in [0.2, 0.25) is 10.0 Å². The molecule has 0 saturated carbocycles. The molecule has 0 aliphatic carbocycles. The third-order valence-corrected chi connectivity index (χ3v) is 5.77. The number of carbonyl (C=O) groups excluding carboxylic acids is 3. The van der Waals surface area contributed by atoms with Crippen LogP contribution in [0.5, 0.6) is 11.5 Å². The number of imide groups is 1. The maximum absolute atomic E-state index is 13.3. The molecule has 7 nitrogen and oxygen atoms in total. The molecule has 2 aromatic carbocycles. The van der Waals surface area contributed by atoms with Gasteiger partial charge in [0, 0.05) is 5.69 Å². The summed E-state index contributed by atoms with van der Waals surface area (Å²) >= 11 is 12.7. The van der Waals surface area contributed by atoms with E-state index in [1.54, 1.807) is 12.1 Å². The molecular weight excluding hydrogens is 494 g/mol. The Kier molecular flexibility index (Phi) is 8.23. The molecular formula is C22H19Cl2FN2O5S. The van der Waals surface area contributed by atoms with Crippen molar-refractivity contribution in [3.63, 3.8) is 0 Å². The molecule has 0 spiro atoms. The number of halogens is 3. The third kappa shape index (κ3) is 5.98. The summed E-state index contributed by atoms with van der Waals surface area (Å²) < 4.78 is 24.4. The molecule has 0 aromatic heterocycles. The number of hydrogen-bond acceptors (Lipinski definition) is 6. The Bertz CT molecular complexity index is 1140. The first-order valence-corrected chi connectivity index (χ1v) is 11.4. The predicted molar refractivity (Wildman–Crippen MR) is 127 cm³/mol. The third-order valence-electron chi connectivity index (χ3n) is 4.30. The highest BCUT2D eigenvalue weighted by Crippen LogP contribution is 2.39. The van der Waals surface area contributed by atoms with Gasteiger partial charge in [-0.1, -0.05) is 23.2 Å². The topological polar surface area (TPSA) is 84.9 Å². The second-order valence-electron chi connectivity index (χ2n) is 6.64. The van der Waals surface area contributed by atoms with Crippen molar-refractivity contribution in [3.8, 4) is 11.5 Å². The minimum Gasteiger partial charge on any atom is -0.490 e. The molecule has 0 atom stereocenters. The van der Waals surface area contributed by atoms with E-state index in [-0.39, 0.29) is 15.6 Å². The SMILES string of the molecule is CCOc1cc(/C=C2/SC(=O)N(CC(=O)Nc3ccc(F)c(Cl)c3)C2=O)cc(Cl)c1OCC. The highest BCUT2D eigenvalue weighted by atomic mass is 35.5. The van der Waals surface area contributed by atoms with Crippen molar-refractivity contribution in [3.05, 3.63) is 56.7 Å². The number of thioether (sulfide) groups is 1. The number of ether oxygens (including phenoxy) is 2. The van der Waals surface area contributed by atoms with Crippen molar-refractivity contribution in [2.45, 2.75) is 13.8 Å². The number of nitrogens with one attached hydrogen (secondary N) is 1. The van der Waals surface area contributed by atoms with E-state index in [2.05, 4.69) is 5.32 Å². The summed E-state index contributed by atoms with van der Waals surface area (Å²) in [6.45, 7) is 3.89. The van der Waals surface area contributed by atoms with E-state index in [0.717, 1.165) is 11.0 Å². The van der Waals surface area contributed by atoms with Gasteiger partial charge < -0.3 is 14.8 Å². The van der Waals surface area contributed by atoms with Gasteiger partial charge in [0.1, 0.15) is 12.4 Å². The first kappa shape index (κ1) is 24.9. The lowest BCUT2D eigenvalue weighted by molar-refractivity contribution is -0.127. The second-order valence-corrected chi connectivity index (χ2v) is 8.45. The molecule has 33 heavy (non-hydrogen) atoms. The fourth-order valence-electron chi connectivity index (χ4n) is 2.92. The molecule has 1 aliphatic rings. The number of hydrogen-bond donors (Lipinski definition) is 1. The minimum absolute atomic E-state index is 0.125. The van der Waals surface area contributed by atoms with Gasteiger partial charge in [0.05, 0.1) is 28.2 Å². The highest BCUT2D eigenvalue weighted by Gasteiger charge is 2.36. The monoisotopic (exact) mass is 512 g/mol. The molecule has 0 bridgehead atoms. The van der Waals surface area contributed by atoms with Crippen LogP contribution in [0.25, 0.3) is 6.08 Å². The van der Waals surface area contributed by atoms with Crippen LogP contribution in [-0.4, -0.2) is 41.7 Å². The van der Waals surface area contributed by atoms with Gasteiger partial charge in [0.25, 0.3) is 11.1 Å². The number of anilines is 1. The van der Waals surface area contributed by atoms with Crippen LogP contribution < -0.4 is 14.8 Å². The van der Waals surface area contributed by atoms with E-state index in [0.29, 0.717) is 47.1 Å². The second kappa shape index (κ2) is 10.9. The standard InChI is InChI=1S/C22H19Cl2FN2O5S/c1-3-31-17-8-12(7-15(24)20(17)32-4-2)9-18-21(29)27(22(30)33-18)11-19(28)26-13-5-6-16(25)14(23)10-13/h5-10H,3-4,11H2,1-2H3,(H,26,28)/b18-9+. The molecule has 2 aromatic rings. The van der Waals surface area contributed by atoms with E-state index < -0.39 is 29.4 Å². The lowest BCUT2D eigenvalue weighted by Crippen LogP contribution is -2.36. The van der Waals surface area contributed by atoms with Gasteiger partial charge >= 0.3 is 0 Å². The summed E-state index contributed by atoms with van der Waals surface area (Å²) in [6, 6.07) is 6.89. The Hall–Kier alpha value is -2.75. The van der Waals surface area contributed by atoms with Gasteiger partial charge in [0.2, 0.25) is 5.91 Å². The summed E-state index contributed by atoms with van der Waals surface area (Å²) in [7, 11) is 0. The summed E-state index contributed by atoms with van der Waals surface area (Å²) in [4.78, 5) is 38.4. The number of amides is 3. The van der Waals surface area contributed by atoms with E-state index in [9.17, 15) is 18.8 Å². The molecule has 1 N–H and O–H groups in total. The molecule has 1 fully saturated rings. The first-order chi connectivity index (χ1) is 15.7. The minimum atomic E-state index is -0.635. The van der Waals surface area contributed by atoms with Crippen LogP contribution in [0.3, 0.4) is 0 Å². The lowest BCUT2D eigenvalue weighted by atomic mass is 10.1. The lowest BCUT2D eigenvalue weighted by Gasteiger charge is -2.14. The Morgan fingerprint density at radius 3 is 2.52 bits per heavy atom. The smallest absolute Gasteiger partial charge is 0.294 e. The van der Waals surface area contributed by atoms with Gasteiger partial charge in [-0.2, -0.15) is 0 Å². The summed E-state index contributed by atoms with van der Waals surface area (Å²) in [5.41, 5.74) is 0.768. The van der Waals surface area contributed by atoms with Crippen molar-refractivity contribution in [2.24, 2.45) is 0 Å². The van der Waals surface area contributed by atoms with E-state index >= 15 is 0 Å². The zero-order chi connectivity index (χ0) is 24.1. The largest absolute Gasteiger partial charge is 0.490 e. The van der Waals surface area contributed by atoms with E-state index in [1.807, 2.05) is 13.8 Å². The molecule has 0 radical (unpaired) electrons. The van der Waals surface area contributed by atoms with Crippen LogP contribution in [0.1, 0.15) is 19.4 Å². The fraction of sp³-hybridized carbons (Fsp3) is 0.227. The van der Waals surface area contributed by atoms with Crippen molar-refractivity contribution in [1.82, 2.24) is 4.90 Å². The average Bonchev–Trinajstić information content (AvgIpc) is 3.01. The van der Waals surface area contributed by atoms with Gasteiger partial charge in [-0.3, -0.25) is 19.3 Å². The summed E-state index contributed by atoms with van der Waals surface area (Å²) in [6.07, 6.45) is 1.49. The van der Waals surface area contributed by atoms with E-state index in [1.165, 1.54) is 18.2 Å². The first-order valence-electron chi connectivity index (χ1n) is 9.82. The maximum atomic E-state index is 13.3. The van der Waals surface area contributed by atoms with Gasteiger partial charge in [0.15, 0.2) is 11.5 Å². The number of rotatable bonds is 8. The quantitative estimate of drug-likeness (QED) is 0.463. The van der Waals surface area contributed by atoms with Crippen LogP contribution in [0.15, 0.2) is 35.2 Å². The Balaban J connectivity index is 1.76. The average molecular weight is 513 g/mol. The molecule has 1 saturated heterocycles. The fourth-order valence-corrected chi connectivity index (χ4v) is 4.22. The summed E-state index contributed by atoms with van der Waals surface area (Å²) in [5, 5.41) is 2.01.